The van der Waals surface area contributed by atoms with Crippen LogP contribution in [0.3, 0.4) is 0 Å². The van der Waals surface area contributed by atoms with Gasteiger partial charge in [-0.2, -0.15) is 9.48 Å². The summed E-state index contributed by atoms with van der Waals surface area (Å²) in [5.74, 6) is 5.35. The van der Waals surface area contributed by atoms with Crippen LogP contribution < -0.4 is 5.84 Å². The van der Waals surface area contributed by atoms with Crippen LogP contribution in [0.2, 0.25) is 0 Å². The standard InChI is InChI=1S/C6H15N3OS/c1-8(7)11-10-9-5-3-2-4-6-9/h2-7H2,1H3. The zero-order valence-corrected chi connectivity index (χ0v) is 7.64. The van der Waals surface area contributed by atoms with Crippen LogP contribution in [-0.4, -0.2) is 29.6 Å². The third-order valence-corrected chi connectivity index (χ3v) is 2.08. The maximum Gasteiger partial charge on any atom is 0.120 e. The number of hydrogen-bond acceptors (Lipinski definition) is 5. The number of nitrogens with zero attached hydrogens (tertiary/aromatic N) is 2. The van der Waals surface area contributed by atoms with Gasteiger partial charge in [0.25, 0.3) is 0 Å². The van der Waals surface area contributed by atoms with Gasteiger partial charge >= 0.3 is 0 Å². The number of hydroxylamine groups is 2. The van der Waals surface area contributed by atoms with E-state index in [-0.39, 0.29) is 0 Å². The van der Waals surface area contributed by atoms with Crippen molar-refractivity contribution in [3.63, 3.8) is 0 Å². The van der Waals surface area contributed by atoms with Crippen LogP contribution in [0, 0.1) is 0 Å². The van der Waals surface area contributed by atoms with E-state index in [0.717, 1.165) is 13.1 Å². The third-order valence-electron chi connectivity index (χ3n) is 1.57. The van der Waals surface area contributed by atoms with E-state index in [0.29, 0.717) is 0 Å². The molecule has 0 aromatic rings. The van der Waals surface area contributed by atoms with Crippen molar-refractivity contribution >= 4 is 12.2 Å². The largest absolute Gasteiger partial charge is 0.257 e. The van der Waals surface area contributed by atoms with Gasteiger partial charge < -0.3 is 0 Å². The number of hydrazine groups is 1. The molecule has 0 aliphatic carbocycles. The van der Waals surface area contributed by atoms with Gasteiger partial charge in [0.2, 0.25) is 0 Å². The average Bonchev–Trinajstić information content (AvgIpc) is 2.03. The van der Waals surface area contributed by atoms with Crippen LogP contribution >= 0.6 is 12.2 Å². The minimum Gasteiger partial charge on any atom is -0.257 e. The van der Waals surface area contributed by atoms with E-state index in [1.165, 1.54) is 35.9 Å². The van der Waals surface area contributed by atoms with Crippen LogP contribution in [0.4, 0.5) is 0 Å². The molecule has 2 N–H and O–H groups in total. The molecule has 5 heteroatoms. The van der Waals surface area contributed by atoms with E-state index in [1.54, 1.807) is 7.05 Å². The third kappa shape index (κ3) is 3.93. The first-order chi connectivity index (χ1) is 5.29. The van der Waals surface area contributed by atoms with Gasteiger partial charge in [-0.05, 0) is 12.8 Å². The van der Waals surface area contributed by atoms with Crippen molar-refractivity contribution in [1.29, 1.82) is 0 Å². The predicted octanol–water partition coefficient (Wildman–Crippen LogP) is 0.773. The number of hydrogen-bond donors (Lipinski definition) is 1. The molecule has 0 radical (unpaired) electrons. The summed E-state index contributed by atoms with van der Waals surface area (Å²) in [4.78, 5) is 0. The average molecular weight is 177 g/mol. The van der Waals surface area contributed by atoms with Gasteiger partial charge in [-0.25, -0.2) is 4.28 Å². The van der Waals surface area contributed by atoms with E-state index in [4.69, 9.17) is 10.1 Å². The zero-order valence-electron chi connectivity index (χ0n) is 6.82. The molecule has 1 saturated heterocycles. The Morgan fingerprint density at radius 1 is 1.36 bits per heavy atom. The van der Waals surface area contributed by atoms with Crippen molar-refractivity contribution in [2.45, 2.75) is 19.3 Å². The van der Waals surface area contributed by atoms with Crippen molar-refractivity contribution in [2.75, 3.05) is 20.1 Å². The highest BCUT2D eigenvalue weighted by atomic mass is 32.2. The monoisotopic (exact) mass is 177 g/mol. The molecule has 0 bridgehead atoms. The first kappa shape index (κ1) is 9.28. The zero-order chi connectivity index (χ0) is 8.10. The molecule has 1 aliphatic heterocycles. The van der Waals surface area contributed by atoms with Gasteiger partial charge in [-0.1, -0.05) is 6.42 Å². The van der Waals surface area contributed by atoms with E-state index in [2.05, 4.69) is 0 Å². The first-order valence-corrected chi connectivity index (χ1v) is 4.57. The van der Waals surface area contributed by atoms with Crippen molar-refractivity contribution in [3.8, 4) is 0 Å². The van der Waals surface area contributed by atoms with Gasteiger partial charge in [0.15, 0.2) is 0 Å². The summed E-state index contributed by atoms with van der Waals surface area (Å²) in [6.07, 6.45) is 3.78. The summed E-state index contributed by atoms with van der Waals surface area (Å²) in [5, 5.41) is 1.96. The first-order valence-electron chi connectivity index (χ1n) is 3.87. The van der Waals surface area contributed by atoms with Crippen molar-refractivity contribution in [3.05, 3.63) is 0 Å². The van der Waals surface area contributed by atoms with Crippen molar-refractivity contribution in [2.24, 2.45) is 5.84 Å². The maximum absolute atomic E-state index is 5.35. The molecule has 0 aromatic heterocycles. The Morgan fingerprint density at radius 2 is 2.00 bits per heavy atom. The Hall–Kier alpha value is 0.190. The van der Waals surface area contributed by atoms with Gasteiger partial charge in [0.05, 0.1) is 0 Å². The number of rotatable bonds is 3. The molecule has 66 valence electrons. The minimum atomic E-state index is 1.03. The van der Waals surface area contributed by atoms with Gasteiger partial charge in [-0.3, -0.25) is 5.84 Å². The fourth-order valence-corrected chi connectivity index (χ4v) is 1.39. The number of nitrogens with two attached hydrogens (primary N) is 1. The molecule has 4 nitrogen and oxygen atoms in total. The Balaban J connectivity index is 2.05. The lowest BCUT2D eigenvalue weighted by Gasteiger charge is -2.24. The highest BCUT2D eigenvalue weighted by Crippen LogP contribution is 2.14. The molecule has 1 rings (SSSR count). The van der Waals surface area contributed by atoms with Crippen molar-refractivity contribution in [1.82, 2.24) is 9.48 Å². The molecule has 1 aliphatic rings. The lowest BCUT2D eigenvalue weighted by Crippen LogP contribution is -2.30. The molecule has 0 unspecified atom stereocenters. The van der Waals surface area contributed by atoms with Crippen LogP contribution in [0.1, 0.15) is 19.3 Å². The van der Waals surface area contributed by atoms with Crippen LogP contribution in [0.25, 0.3) is 0 Å². The smallest absolute Gasteiger partial charge is 0.120 e. The van der Waals surface area contributed by atoms with E-state index < -0.39 is 0 Å². The molecule has 1 heterocycles. The Kier molecular flexibility index (Phi) is 4.17. The van der Waals surface area contributed by atoms with Crippen LogP contribution in [0.15, 0.2) is 0 Å². The van der Waals surface area contributed by atoms with E-state index >= 15 is 0 Å². The Labute approximate surface area is 71.9 Å². The summed E-state index contributed by atoms with van der Waals surface area (Å²) in [7, 11) is 1.76. The topological polar surface area (TPSA) is 41.7 Å². The molecule has 0 saturated carbocycles. The fourth-order valence-electron chi connectivity index (χ4n) is 1.04. The minimum absolute atomic E-state index is 1.03. The lowest BCUT2D eigenvalue weighted by atomic mass is 10.2. The molecular weight excluding hydrogens is 162 g/mol. The summed E-state index contributed by atoms with van der Waals surface area (Å²) >= 11 is 1.17. The number of piperidine rings is 1. The Morgan fingerprint density at radius 3 is 2.55 bits per heavy atom. The van der Waals surface area contributed by atoms with E-state index in [9.17, 15) is 0 Å². The molecular formula is C6H15N3OS. The van der Waals surface area contributed by atoms with Gasteiger partial charge in [0.1, 0.15) is 12.2 Å². The van der Waals surface area contributed by atoms with Gasteiger partial charge in [-0.15, -0.1) is 0 Å². The molecule has 0 amide bonds. The Bertz CT molecular complexity index is 106. The quantitative estimate of drug-likeness (QED) is 0.298. The fraction of sp³-hybridized carbons (Fsp3) is 1.00. The summed E-state index contributed by atoms with van der Waals surface area (Å²) < 4.78 is 6.75. The summed E-state index contributed by atoms with van der Waals surface area (Å²) in [5.41, 5.74) is 0. The molecule has 0 aromatic carbocycles. The van der Waals surface area contributed by atoms with Crippen LogP contribution in [0.5, 0.6) is 0 Å². The maximum atomic E-state index is 5.35. The SMILES string of the molecule is CN(N)SON1CCCCC1. The van der Waals surface area contributed by atoms with E-state index in [1.807, 2.05) is 5.06 Å². The molecule has 1 fully saturated rings. The summed E-state index contributed by atoms with van der Waals surface area (Å²) in [6.45, 7) is 2.06. The lowest BCUT2D eigenvalue weighted by molar-refractivity contribution is -0.0561. The van der Waals surface area contributed by atoms with Crippen molar-refractivity contribution < 1.29 is 4.28 Å². The highest BCUT2D eigenvalue weighted by molar-refractivity contribution is 7.92. The van der Waals surface area contributed by atoms with Gasteiger partial charge in [0, 0.05) is 20.1 Å². The molecule has 0 atom stereocenters. The normalized spacial score (nSPS) is 21.0. The highest BCUT2D eigenvalue weighted by Gasteiger charge is 2.10. The molecule has 11 heavy (non-hydrogen) atoms. The van der Waals surface area contributed by atoms with Crippen LogP contribution in [-0.2, 0) is 4.28 Å². The second-order valence-corrected chi connectivity index (χ2v) is 3.56. The predicted molar refractivity (Wildman–Crippen MR) is 46.1 cm³/mol. The second-order valence-electron chi connectivity index (χ2n) is 2.68. The molecule has 0 spiro atoms. The second kappa shape index (κ2) is 4.95. The summed E-state index contributed by atoms with van der Waals surface area (Å²) in [6, 6.07) is 0.